The van der Waals surface area contributed by atoms with Crippen molar-refractivity contribution in [3.8, 4) is 0 Å². The molecule has 0 unspecified atom stereocenters. The zero-order valence-corrected chi connectivity index (χ0v) is 11.0. The van der Waals surface area contributed by atoms with Gasteiger partial charge in [-0.15, -0.1) is 0 Å². The summed E-state index contributed by atoms with van der Waals surface area (Å²) < 4.78 is 6.22. The molecule has 0 saturated carbocycles. The fraction of sp³-hybridized carbons (Fsp3) is 0.250. The quantitative estimate of drug-likeness (QED) is 0.852. The average molecular weight is 297 g/mol. The summed E-state index contributed by atoms with van der Waals surface area (Å²) in [4.78, 5) is 4.20. The number of aryl methyl sites for hydroxylation is 1. The molecule has 0 aromatic carbocycles. The van der Waals surface area contributed by atoms with Gasteiger partial charge in [-0.3, -0.25) is 0 Å². The van der Waals surface area contributed by atoms with Crippen LogP contribution < -0.4 is 5.32 Å². The number of rotatable bonds is 4. The molecule has 90 valence electrons. The number of aliphatic hydroxyl groups is 1. The predicted octanol–water partition coefficient (Wildman–Crippen LogP) is 2.85. The normalized spacial score (nSPS) is 10.5. The second-order valence-corrected chi connectivity index (χ2v) is 4.46. The van der Waals surface area contributed by atoms with Gasteiger partial charge in [-0.05, 0) is 46.6 Å². The summed E-state index contributed by atoms with van der Waals surface area (Å²) in [6.07, 6.45) is 1.76. The molecule has 0 aliphatic rings. The summed E-state index contributed by atoms with van der Waals surface area (Å²) in [5.41, 5.74) is 2.01. The van der Waals surface area contributed by atoms with Crippen LogP contribution in [-0.2, 0) is 13.2 Å². The fourth-order valence-corrected chi connectivity index (χ4v) is 1.66. The number of nitrogens with zero attached hydrogens (tertiary/aromatic N) is 1. The molecule has 0 saturated heterocycles. The largest absolute Gasteiger partial charge is 0.462 e. The Hall–Kier alpha value is -1.33. The van der Waals surface area contributed by atoms with Crippen molar-refractivity contribution < 1.29 is 9.52 Å². The number of furan rings is 1. The molecule has 2 aromatic heterocycles. The van der Waals surface area contributed by atoms with Crippen LogP contribution in [0.4, 0.5) is 5.69 Å². The number of hydrogen-bond donors (Lipinski definition) is 2. The van der Waals surface area contributed by atoms with Crippen LogP contribution in [-0.4, -0.2) is 10.1 Å². The summed E-state index contributed by atoms with van der Waals surface area (Å²) >= 11 is 3.35. The van der Waals surface area contributed by atoms with Gasteiger partial charge < -0.3 is 14.8 Å². The van der Waals surface area contributed by atoms with Crippen molar-refractivity contribution in [2.45, 2.75) is 20.1 Å². The topological polar surface area (TPSA) is 58.3 Å². The molecule has 0 spiro atoms. The minimum Gasteiger partial charge on any atom is -0.462 e. The summed E-state index contributed by atoms with van der Waals surface area (Å²) in [6, 6.07) is 5.62. The molecule has 2 heterocycles. The van der Waals surface area contributed by atoms with Crippen LogP contribution in [0.2, 0.25) is 0 Å². The standard InChI is InChI=1S/C12H13BrN2O2/c1-8-4-9(5-15-12(8)13)14-6-10-2-3-11(7-16)17-10/h2-5,14,16H,6-7H2,1H3. The van der Waals surface area contributed by atoms with Crippen LogP contribution >= 0.6 is 15.9 Å². The van der Waals surface area contributed by atoms with E-state index in [9.17, 15) is 0 Å². The molecule has 0 bridgehead atoms. The maximum atomic E-state index is 8.87. The zero-order chi connectivity index (χ0) is 12.3. The summed E-state index contributed by atoms with van der Waals surface area (Å²) in [7, 11) is 0. The first-order valence-electron chi connectivity index (χ1n) is 5.23. The zero-order valence-electron chi connectivity index (χ0n) is 9.40. The van der Waals surface area contributed by atoms with Crippen molar-refractivity contribution in [1.82, 2.24) is 4.98 Å². The monoisotopic (exact) mass is 296 g/mol. The lowest BCUT2D eigenvalue weighted by atomic mass is 10.3. The Labute approximate surface area is 108 Å². The third kappa shape index (κ3) is 3.08. The van der Waals surface area contributed by atoms with E-state index in [0.717, 1.165) is 21.6 Å². The van der Waals surface area contributed by atoms with Gasteiger partial charge in [0.05, 0.1) is 18.4 Å². The lowest BCUT2D eigenvalue weighted by Crippen LogP contribution is -1.99. The number of hydrogen-bond acceptors (Lipinski definition) is 4. The van der Waals surface area contributed by atoms with Crippen LogP contribution in [0.1, 0.15) is 17.1 Å². The van der Waals surface area contributed by atoms with Gasteiger partial charge in [-0.25, -0.2) is 4.98 Å². The van der Waals surface area contributed by atoms with Crippen molar-refractivity contribution in [1.29, 1.82) is 0 Å². The molecule has 0 radical (unpaired) electrons. The summed E-state index contributed by atoms with van der Waals surface area (Å²) in [5.74, 6) is 1.36. The van der Waals surface area contributed by atoms with Gasteiger partial charge in [0, 0.05) is 0 Å². The van der Waals surface area contributed by atoms with Gasteiger partial charge in [-0.1, -0.05) is 0 Å². The second-order valence-electron chi connectivity index (χ2n) is 3.71. The minimum absolute atomic E-state index is 0.0705. The van der Waals surface area contributed by atoms with E-state index < -0.39 is 0 Å². The average Bonchev–Trinajstić information content (AvgIpc) is 2.79. The van der Waals surface area contributed by atoms with Gasteiger partial charge in [0.25, 0.3) is 0 Å². The Kier molecular flexibility index (Phi) is 3.81. The summed E-state index contributed by atoms with van der Waals surface area (Å²) in [6.45, 7) is 2.49. The highest BCUT2D eigenvalue weighted by Gasteiger charge is 2.02. The molecular weight excluding hydrogens is 284 g/mol. The minimum atomic E-state index is -0.0705. The third-order valence-corrected chi connectivity index (χ3v) is 3.18. The lowest BCUT2D eigenvalue weighted by Gasteiger charge is -2.05. The van der Waals surface area contributed by atoms with Gasteiger partial charge in [0.2, 0.25) is 0 Å². The van der Waals surface area contributed by atoms with Gasteiger partial charge in [0.1, 0.15) is 22.7 Å². The number of pyridine rings is 1. The molecule has 5 heteroatoms. The SMILES string of the molecule is Cc1cc(NCc2ccc(CO)o2)cnc1Br. The molecule has 0 amide bonds. The van der Waals surface area contributed by atoms with Gasteiger partial charge >= 0.3 is 0 Å². The molecule has 0 aliphatic heterocycles. The van der Waals surface area contributed by atoms with E-state index in [0.29, 0.717) is 12.3 Å². The van der Waals surface area contributed by atoms with Gasteiger partial charge in [-0.2, -0.15) is 0 Å². The van der Waals surface area contributed by atoms with Crippen molar-refractivity contribution >= 4 is 21.6 Å². The Bertz CT molecular complexity index is 511. The highest BCUT2D eigenvalue weighted by Crippen LogP contribution is 2.17. The van der Waals surface area contributed by atoms with Crippen molar-refractivity contribution in [2.24, 2.45) is 0 Å². The van der Waals surface area contributed by atoms with Crippen LogP contribution in [0, 0.1) is 6.92 Å². The van der Waals surface area contributed by atoms with E-state index in [1.165, 1.54) is 0 Å². The molecule has 2 aromatic rings. The van der Waals surface area contributed by atoms with Crippen molar-refractivity contribution in [3.63, 3.8) is 0 Å². The second kappa shape index (κ2) is 5.33. The van der Waals surface area contributed by atoms with Crippen LogP contribution in [0.3, 0.4) is 0 Å². The van der Waals surface area contributed by atoms with E-state index in [1.807, 2.05) is 19.1 Å². The van der Waals surface area contributed by atoms with E-state index in [2.05, 4.69) is 26.2 Å². The van der Waals surface area contributed by atoms with E-state index in [-0.39, 0.29) is 6.61 Å². The number of aromatic nitrogens is 1. The summed E-state index contributed by atoms with van der Waals surface area (Å²) in [5, 5.41) is 12.1. The first kappa shape index (κ1) is 12.1. The number of anilines is 1. The van der Waals surface area contributed by atoms with Crippen LogP contribution in [0.25, 0.3) is 0 Å². The predicted molar refractivity (Wildman–Crippen MR) is 68.6 cm³/mol. The van der Waals surface area contributed by atoms with Crippen molar-refractivity contribution in [3.05, 3.63) is 46.1 Å². The van der Waals surface area contributed by atoms with E-state index >= 15 is 0 Å². The Morgan fingerprint density at radius 2 is 2.18 bits per heavy atom. The lowest BCUT2D eigenvalue weighted by molar-refractivity contribution is 0.244. The molecule has 2 rings (SSSR count). The molecule has 0 aliphatic carbocycles. The number of aliphatic hydroxyl groups excluding tert-OH is 1. The first-order valence-corrected chi connectivity index (χ1v) is 6.03. The van der Waals surface area contributed by atoms with E-state index in [1.54, 1.807) is 12.3 Å². The highest BCUT2D eigenvalue weighted by molar-refractivity contribution is 9.10. The van der Waals surface area contributed by atoms with Crippen LogP contribution in [0.15, 0.2) is 33.4 Å². The third-order valence-electron chi connectivity index (χ3n) is 2.35. The molecule has 4 nitrogen and oxygen atoms in total. The number of halogens is 1. The maximum Gasteiger partial charge on any atom is 0.129 e. The molecule has 0 fully saturated rings. The van der Waals surface area contributed by atoms with Crippen LogP contribution in [0.5, 0.6) is 0 Å². The molecule has 0 atom stereocenters. The van der Waals surface area contributed by atoms with Crippen molar-refractivity contribution in [2.75, 3.05) is 5.32 Å². The van der Waals surface area contributed by atoms with E-state index in [4.69, 9.17) is 9.52 Å². The number of nitrogens with one attached hydrogen (secondary N) is 1. The molecule has 17 heavy (non-hydrogen) atoms. The smallest absolute Gasteiger partial charge is 0.129 e. The fourth-order valence-electron chi connectivity index (χ4n) is 1.45. The van der Waals surface area contributed by atoms with Gasteiger partial charge in [0.15, 0.2) is 0 Å². The highest BCUT2D eigenvalue weighted by atomic mass is 79.9. The Morgan fingerprint density at radius 3 is 2.82 bits per heavy atom. The first-order chi connectivity index (χ1) is 8.19. The molecule has 2 N–H and O–H groups in total. The molecular formula is C12H13BrN2O2. The maximum absolute atomic E-state index is 8.87. The Morgan fingerprint density at radius 1 is 1.41 bits per heavy atom. The Balaban J connectivity index is 1.99.